The molecule has 5 heteroatoms. The van der Waals surface area contributed by atoms with Crippen LogP contribution in [0.15, 0.2) is 48.9 Å². The molecule has 1 atom stereocenters. The normalized spacial score (nSPS) is 14.6. The molecule has 3 heterocycles. The van der Waals surface area contributed by atoms with Crippen molar-refractivity contribution in [1.29, 1.82) is 0 Å². The van der Waals surface area contributed by atoms with Crippen LogP contribution in [0.2, 0.25) is 0 Å². The molecule has 138 valence electrons. The fraction of sp³-hybridized carbons (Fsp3) is 0.318. The Hall–Kier alpha value is -2.95. The van der Waals surface area contributed by atoms with E-state index in [9.17, 15) is 0 Å². The molecule has 3 aromatic rings. The average Bonchev–Trinajstić information content (AvgIpc) is 2.69. The van der Waals surface area contributed by atoms with E-state index in [-0.39, 0.29) is 6.04 Å². The Balaban J connectivity index is 1.57. The van der Waals surface area contributed by atoms with Gasteiger partial charge in [0.1, 0.15) is 18.0 Å². The summed E-state index contributed by atoms with van der Waals surface area (Å²) in [5.74, 6) is 1.93. The summed E-state index contributed by atoms with van der Waals surface area (Å²) in [6, 6.07) is 13.0. The molecule has 4 rings (SSSR count). The standard InChI is InChI=1S/C22H25N5/c1-15-4-7-18(8-5-15)17(3)26-22-19-13-27(11-10-20(19)24-14-25-22)21-9-6-16(2)12-23-21/h4-9,12,14,17H,10-11,13H2,1-3H3,(H,24,25,26)/t17-/m1/s1. The third kappa shape index (κ3) is 3.77. The predicted molar refractivity (Wildman–Crippen MR) is 109 cm³/mol. The molecule has 2 aromatic heterocycles. The zero-order valence-corrected chi connectivity index (χ0v) is 16.1. The minimum absolute atomic E-state index is 0.178. The van der Waals surface area contributed by atoms with Gasteiger partial charge in [-0.3, -0.25) is 0 Å². The molecule has 1 aromatic carbocycles. The Bertz CT molecular complexity index is 918. The molecule has 0 unspecified atom stereocenters. The molecule has 0 bridgehead atoms. The Morgan fingerprint density at radius 1 is 0.963 bits per heavy atom. The van der Waals surface area contributed by atoms with Crippen LogP contribution < -0.4 is 10.2 Å². The highest BCUT2D eigenvalue weighted by molar-refractivity contribution is 5.53. The smallest absolute Gasteiger partial charge is 0.135 e. The number of anilines is 2. The summed E-state index contributed by atoms with van der Waals surface area (Å²) < 4.78 is 0. The van der Waals surface area contributed by atoms with Crippen molar-refractivity contribution in [3.63, 3.8) is 0 Å². The third-order valence-electron chi connectivity index (χ3n) is 5.15. The van der Waals surface area contributed by atoms with E-state index in [1.807, 2.05) is 6.20 Å². The highest BCUT2D eigenvalue weighted by atomic mass is 15.2. The van der Waals surface area contributed by atoms with E-state index in [2.05, 4.69) is 82.3 Å². The molecule has 1 aliphatic rings. The van der Waals surface area contributed by atoms with Crippen molar-refractivity contribution >= 4 is 11.6 Å². The summed E-state index contributed by atoms with van der Waals surface area (Å²) in [5, 5.41) is 3.59. The van der Waals surface area contributed by atoms with Gasteiger partial charge >= 0.3 is 0 Å². The van der Waals surface area contributed by atoms with Gasteiger partial charge in [-0.2, -0.15) is 0 Å². The zero-order chi connectivity index (χ0) is 18.8. The van der Waals surface area contributed by atoms with E-state index in [0.717, 1.165) is 36.8 Å². The molecule has 0 amide bonds. The van der Waals surface area contributed by atoms with Crippen LogP contribution in [0, 0.1) is 13.8 Å². The van der Waals surface area contributed by atoms with Crippen molar-refractivity contribution in [2.75, 3.05) is 16.8 Å². The molecule has 0 saturated heterocycles. The molecule has 5 nitrogen and oxygen atoms in total. The lowest BCUT2D eigenvalue weighted by Crippen LogP contribution is -2.32. The monoisotopic (exact) mass is 359 g/mol. The van der Waals surface area contributed by atoms with Gasteiger partial charge in [0.25, 0.3) is 0 Å². The second kappa shape index (κ2) is 7.35. The Morgan fingerprint density at radius 3 is 2.48 bits per heavy atom. The number of hydrogen-bond donors (Lipinski definition) is 1. The number of aromatic nitrogens is 3. The highest BCUT2D eigenvalue weighted by Gasteiger charge is 2.22. The summed E-state index contributed by atoms with van der Waals surface area (Å²) in [5.41, 5.74) is 6.00. The van der Waals surface area contributed by atoms with Crippen LogP contribution in [0.5, 0.6) is 0 Å². The zero-order valence-electron chi connectivity index (χ0n) is 16.1. The first-order chi connectivity index (χ1) is 13.1. The largest absolute Gasteiger partial charge is 0.363 e. The van der Waals surface area contributed by atoms with Crippen LogP contribution in [0.4, 0.5) is 11.6 Å². The number of fused-ring (bicyclic) bond motifs is 1. The van der Waals surface area contributed by atoms with Crippen molar-refractivity contribution in [2.24, 2.45) is 0 Å². The minimum Gasteiger partial charge on any atom is -0.363 e. The van der Waals surface area contributed by atoms with Gasteiger partial charge in [-0.15, -0.1) is 0 Å². The van der Waals surface area contributed by atoms with Gasteiger partial charge in [0.05, 0.1) is 5.69 Å². The van der Waals surface area contributed by atoms with Crippen molar-refractivity contribution in [1.82, 2.24) is 15.0 Å². The van der Waals surface area contributed by atoms with E-state index in [4.69, 9.17) is 0 Å². The quantitative estimate of drug-likeness (QED) is 0.756. The molecule has 0 fully saturated rings. The highest BCUT2D eigenvalue weighted by Crippen LogP contribution is 2.28. The molecule has 27 heavy (non-hydrogen) atoms. The number of benzene rings is 1. The summed E-state index contributed by atoms with van der Waals surface area (Å²) in [7, 11) is 0. The Morgan fingerprint density at radius 2 is 1.74 bits per heavy atom. The molecule has 0 radical (unpaired) electrons. The third-order valence-corrected chi connectivity index (χ3v) is 5.15. The summed E-state index contributed by atoms with van der Waals surface area (Å²) in [6.07, 6.45) is 4.49. The second-order valence-electron chi connectivity index (χ2n) is 7.29. The fourth-order valence-electron chi connectivity index (χ4n) is 3.45. The lowest BCUT2D eigenvalue weighted by Gasteiger charge is -2.30. The van der Waals surface area contributed by atoms with Crippen molar-refractivity contribution in [3.8, 4) is 0 Å². The van der Waals surface area contributed by atoms with Gasteiger partial charge in [0.15, 0.2) is 0 Å². The van der Waals surface area contributed by atoms with Gasteiger partial charge in [-0.25, -0.2) is 15.0 Å². The topological polar surface area (TPSA) is 53.9 Å². The number of nitrogens with one attached hydrogen (secondary N) is 1. The van der Waals surface area contributed by atoms with Gasteiger partial charge < -0.3 is 10.2 Å². The van der Waals surface area contributed by atoms with Gasteiger partial charge in [0, 0.05) is 37.3 Å². The Kier molecular flexibility index (Phi) is 4.75. The number of aryl methyl sites for hydroxylation is 2. The van der Waals surface area contributed by atoms with Crippen molar-refractivity contribution < 1.29 is 0 Å². The lowest BCUT2D eigenvalue weighted by atomic mass is 10.0. The van der Waals surface area contributed by atoms with Crippen molar-refractivity contribution in [3.05, 3.63) is 76.9 Å². The molecular formula is C22H25N5. The van der Waals surface area contributed by atoms with Crippen LogP contribution in [0.25, 0.3) is 0 Å². The average molecular weight is 359 g/mol. The maximum Gasteiger partial charge on any atom is 0.135 e. The maximum atomic E-state index is 4.59. The van der Waals surface area contributed by atoms with Gasteiger partial charge in [-0.1, -0.05) is 35.9 Å². The predicted octanol–water partition coefficient (Wildman–Crippen LogP) is 4.22. The van der Waals surface area contributed by atoms with Gasteiger partial charge in [0.2, 0.25) is 0 Å². The molecule has 1 aliphatic heterocycles. The number of nitrogens with zero attached hydrogens (tertiary/aromatic N) is 4. The molecule has 1 N–H and O–H groups in total. The minimum atomic E-state index is 0.178. The lowest BCUT2D eigenvalue weighted by molar-refractivity contribution is 0.694. The van der Waals surface area contributed by atoms with Crippen LogP contribution in [0.3, 0.4) is 0 Å². The number of pyridine rings is 1. The first-order valence-electron chi connectivity index (χ1n) is 9.43. The second-order valence-corrected chi connectivity index (χ2v) is 7.29. The van der Waals surface area contributed by atoms with Gasteiger partial charge in [-0.05, 0) is 38.0 Å². The SMILES string of the molecule is Cc1ccc([C@@H](C)Nc2ncnc3c2CN(c2ccc(C)cn2)CC3)cc1. The number of hydrogen-bond acceptors (Lipinski definition) is 5. The van der Waals surface area contributed by atoms with Crippen LogP contribution in [0.1, 0.15) is 40.9 Å². The van der Waals surface area contributed by atoms with E-state index in [1.165, 1.54) is 22.3 Å². The van der Waals surface area contributed by atoms with E-state index in [0.29, 0.717) is 0 Å². The van der Waals surface area contributed by atoms with Crippen LogP contribution >= 0.6 is 0 Å². The fourth-order valence-corrected chi connectivity index (χ4v) is 3.45. The molecule has 0 aliphatic carbocycles. The maximum absolute atomic E-state index is 4.59. The number of rotatable bonds is 4. The Labute approximate surface area is 160 Å². The van der Waals surface area contributed by atoms with E-state index < -0.39 is 0 Å². The molecular weight excluding hydrogens is 334 g/mol. The summed E-state index contributed by atoms with van der Waals surface area (Å²) in [4.78, 5) is 15.9. The molecule has 0 saturated carbocycles. The first kappa shape index (κ1) is 17.5. The summed E-state index contributed by atoms with van der Waals surface area (Å²) in [6.45, 7) is 8.03. The van der Waals surface area contributed by atoms with E-state index in [1.54, 1.807) is 6.33 Å². The summed E-state index contributed by atoms with van der Waals surface area (Å²) >= 11 is 0. The first-order valence-corrected chi connectivity index (χ1v) is 9.43. The molecule has 0 spiro atoms. The van der Waals surface area contributed by atoms with Crippen molar-refractivity contribution in [2.45, 2.75) is 39.8 Å². The van der Waals surface area contributed by atoms with Crippen LogP contribution in [-0.2, 0) is 13.0 Å². The van der Waals surface area contributed by atoms with Crippen LogP contribution in [-0.4, -0.2) is 21.5 Å². The van der Waals surface area contributed by atoms with E-state index >= 15 is 0 Å².